The average molecular weight is 516 g/mol. The third-order valence-corrected chi connectivity index (χ3v) is 6.82. The van der Waals surface area contributed by atoms with Crippen LogP contribution >= 0.6 is 0 Å². The van der Waals surface area contributed by atoms with Gasteiger partial charge in [-0.05, 0) is 32.3 Å². The Bertz CT molecular complexity index is 1530. The molecule has 1 fully saturated rings. The van der Waals surface area contributed by atoms with Crippen molar-refractivity contribution in [2.75, 3.05) is 49.8 Å². The van der Waals surface area contributed by atoms with Gasteiger partial charge >= 0.3 is 0 Å². The predicted octanol–water partition coefficient (Wildman–Crippen LogP) is 4.56. The second kappa shape index (κ2) is 10.1. The second-order valence-electron chi connectivity index (χ2n) is 9.51. The maximum Gasteiger partial charge on any atom is 0.283 e. The van der Waals surface area contributed by atoms with Crippen LogP contribution in [0.5, 0.6) is 5.75 Å². The van der Waals surface area contributed by atoms with Gasteiger partial charge in [-0.1, -0.05) is 24.8 Å². The number of carbonyl (C=O) groups is 1. The van der Waals surface area contributed by atoms with Gasteiger partial charge in [0, 0.05) is 61.1 Å². The number of para-hydroxylation sites is 1. The van der Waals surface area contributed by atoms with Gasteiger partial charge in [0.15, 0.2) is 5.83 Å². The van der Waals surface area contributed by atoms with Gasteiger partial charge < -0.3 is 29.7 Å². The number of anilines is 4. The molecule has 10 heteroatoms. The van der Waals surface area contributed by atoms with Crippen LogP contribution in [-0.4, -0.2) is 65.7 Å². The van der Waals surface area contributed by atoms with Crippen molar-refractivity contribution in [3.63, 3.8) is 0 Å². The van der Waals surface area contributed by atoms with Crippen molar-refractivity contribution in [1.82, 2.24) is 19.4 Å². The Morgan fingerprint density at radius 2 is 1.95 bits per heavy atom. The minimum absolute atomic E-state index is 0.352. The van der Waals surface area contributed by atoms with Gasteiger partial charge in [-0.2, -0.15) is 0 Å². The van der Waals surface area contributed by atoms with E-state index in [1.54, 1.807) is 19.4 Å². The van der Waals surface area contributed by atoms with Gasteiger partial charge in [0.05, 0.1) is 29.9 Å². The highest BCUT2D eigenvalue weighted by atomic mass is 19.1. The molecule has 0 bridgehead atoms. The van der Waals surface area contributed by atoms with Crippen LogP contribution in [0.1, 0.15) is 0 Å². The lowest BCUT2D eigenvalue weighted by molar-refractivity contribution is -0.114. The molecule has 1 aliphatic rings. The summed E-state index contributed by atoms with van der Waals surface area (Å²) in [4.78, 5) is 25.6. The molecule has 2 N–H and O–H groups in total. The lowest BCUT2D eigenvalue weighted by Gasteiger charge is -2.45. The van der Waals surface area contributed by atoms with E-state index in [0.717, 1.165) is 40.9 Å². The third kappa shape index (κ3) is 4.78. The minimum Gasteiger partial charge on any atom is -0.494 e. The summed E-state index contributed by atoms with van der Waals surface area (Å²) in [5.41, 5.74) is 4.52. The van der Waals surface area contributed by atoms with E-state index in [2.05, 4.69) is 48.7 Å². The lowest BCUT2D eigenvalue weighted by Crippen LogP contribution is -2.57. The first kappa shape index (κ1) is 25.2. The number of hydrogen-bond acceptors (Lipinski definition) is 7. The molecular formula is C28H30FN7O2. The standard InChI is InChI=1S/C28H30FN7O2/c1-17(29)27(37)31-22-12-23(26(38-5)13-25(22)36-14-18(15-36)34(2)3)33-28-30-11-10-21(32-28)20-16-35(4)24-9-7-6-8-19(20)24/h6-13,16,18H,1,14-15H2,2-5H3,(H,31,37)(H,30,32,33). The molecule has 9 nitrogen and oxygen atoms in total. The summed E-state index contributed by atoms with van der Waals surface area (Å²) in [5.74, 6) is -1.08. The molecule has 1 aliphatic heterocycles. The molecule has 2 aromatic carbocycles. The van der Waals surface area contributed by atoms with Gasteiger partial charge in [-0.25, -0.2) is 14.4 Å². The molecule has 2 aromatic heterocycles. The third-order valence-electron chi connectivity index (χ3n) is 6.82. The van der Waals surface area contributed by atoms with E-state index in [9.17, 15) is 9.18 Å². The van der Waals surface area contributed by atoms with E-state index in [1.165, 1.54) is 0 Å². The molecule has 196 valence electrons. The molecule has 1 amide bonds. The van der Waals surface area contributed by atoms with Gasteiger partial charge in [0.2, 0.25) is 5.95 Å². The number of ether oxygens (including phenoxy) is 1. The predicted molar refractivity (Wildman–Crippen MR) is 149 cm³/mol. The number of halogens is 1. The monoisotopic (exact) mass is 515 g/mol. The zero-order valence-electron chi connectivity index (χ0n) is 21.8. The number of methoxy groups -OCH3 is 1. The SMILES string of the molecule is C=C(F)C(=O)Nc1cc(Nc2nccc(-c3cn(C)c4ccccc34)n2)c(OC)cc1N1CC(N(C)C)C1. The fraction of sp³-hybridized carbons (Fsp3) is 0.250. The normalized spacial score (nSPS) is 13.5. The van der Waals surface area contributed by atoms with Crippen molar-refractivity contribution < 1.29 is 13.9 Å². The van der Waals surface area contributed by atoms with Crippen molar-refractivity contribution >= 4 is 39.8 Å². The number of aryl methyl sites for hydroxylation is 1. The van der Waals surface area contributed by atoms with Crippen LogP contribution < -0.4 is 20.3 Å². The molecule has 0 radical (unpaired) electrons. The van der Waals surface area contributed by atoms with Gasteiger partial charge in [0.25, 0.3) is 5.91 Å². The molecule has 5 rings (SSSR count). The molecule has 0 aliphatic carbocycles. The molecule has 0 unspecified atom stereocenters. The Balaban J connectivity index is 1.50. The van der Waals surface area contributed by atoms with Crippen LogP contribution in [0.3, 0.4) is 0 Å². The highest BCUT2D eigenvalue weighted by molar-refractivity contribution is 6.04. The Hall–Kier alpha value is -4.44. The van der Waals surface area contributed by atoms with Crippen molar-refractivity contribution in [3.05, 3.63) is 67.3 Å². The molecule has 0 atom stereocenters. The summed E-state index contributed by atoms with van der Waals surface area (Å²) in [6, 6.07) is 13.9. The van der Waals surface area contributed by atoms with Crippen LogP contribution in [0.4, 0.5) is 27.4 Å². The van der Waals surface area contributed by atoms with Crippen molar-refractivity contribution in [1.29, 1.82) is 0 Å². The Kier molecular flexibility index (Phi) is 6.73. The number of amides is 1. The molecular weight excluding hydrogens is 485 g/mol. The number of rotatable bonds is 8. The number of hydrogen-bond donors (Lipinski definition) is 2. The average Bonchev–Trinajstić information content (AvgIpc) is 3.20. The Morgan fingerprint density at radius 1 is 1.18 bits per heavy atom. The Morgan fingerprint density at radius 3 is 2.66 bits per heavy atom. The number of nitrogens with zero attached hydrogens (tertiary/aromatic N) is 5. The first-order valence-corrected chi connectivity index (χ1v) is 12.2. The van der Waals surface area contributed by atoms with E-state index in [0.29, 0.717) is 29.1 Å². The first-order chi connectivity index (χ1) is 18.2. The summed E-state index contributed by atoms with van der Waals surface area (Å²) >= 11 is 0. The Labute approximate surface area is 220 Å². The molecule has 3 heterocycles. The summed E-state index contributed by atoms with van der Waals surface area (Å²) in [5, 5.41) is 6.93. The van der Waals surface area contributed by atoms with E-state index < -0.39 is 11.7 Å². The van der Waals surface area contributed by atoms with Crippen molar-refractivity contribution in [3.8, 4) is 17.0 Å². The summed E-state index contributed by atoms with van der Waals surface area (Å²) in [6.45, 7) is 4.64. The van der Waals surface area contributed by atoms with Gasteiger partial charge in [-0.15, -0.1) is 0 Å². The van der Waals surface area contributed by atoms with Crippen LogP contribution in [0.25, 0.3) is 22.2 Å². The highest BCUT2D eigenvalue weighted by Crippen LogP contribution is 2.40. The van der Waals surface area contributed by atoms with Crippen LogP contribution in [-0.2, 0) is 11.8 Å². The first-order valence-electron chi connectivity index (χ1n) is 12.2. The fourth-order valence-electron chi connectivity index (χ4n) is 4.60. The second-order valence-corrected chi connectivity index (χ2v) is 9.51. The molecule has 0 saturated carbocycles. The number of nitrogens with one attached hydrogen (secondary N) is 2. The number of likely N-dealkylation sites (N-methyl/N-ethyl adjacent to an activating group) is 1. The topological polar surface area (TPSA) is 87.5 Å². The van der Waals surface area contributed by atoms with E-state index >= 15 is 0 Å². The van der Waals surface area contributed by atoms with Gasteiger partial charge in [0.1, 0.15) is 5.75 Å². The zero-order chi connectivity index (χ0) is 27.0. The quantitative estimate of drug-likeness (QED) is 0.333. The fourth-order valence-corrected chi connectivity index (χ4v) is 4.60. The molecule has 1 saturated heterocycles. The largest absolute Gasteiger partial charge is 0.494 e. The van der Waals surface area contributed by atoms with Crippen molar-refractivity contribution in [2.45, 2.75) is 6.04 Å². The number of aromatic nitrogens is 3. The molecule has 38 heavy (non-hydrogen) atoms. The number of fused-ring (bicyclic) bond motifs is 1. The maximum absolute atomic E-state index is 13.6. The van der Waals surface area contributed by atoms with E-state index in [4.69, 9.17) is 9.72 Å². The highest BCUT2D eigenvalue weighted by Gasteiger charge is 2.31. The summed E-state index contributed by atoms with van der Waals surface area (Å²) in [7, 11) is 7.62. The van der Waals surface area contributed by atoms with Crippen LogP contribution in [0.15, 0.2) is 67.3 Å². The van der Waals surface area contributed by atoms with E-state index in [1.807, 2.05) is 51.6 Å². The summed E-state index contributed by atoms with van der Waals surface area (Å²) in [6.07, 6.45) is 3.72. The van der Waals surface area contributed by atoms with Crippen molar-refractivity contribution in [2.24, 2.45) is 7.05 Å². The van der Waals surface area contributed by atoms with E-state index in [-0.39, 0.29) is 0 Å². The van der Waals surface area contributed by atoms with Crippen LogP contribution in [0, 0.1) is 0 Å². The zero-order valence-corrected chi connectivity index (χ0v) is 21.8. The van der Waals surface area contributed by atoms with Crippen LogP contribution in [0.2, 0.25) is 0 Å². The number of carbonyl (C=O) groups excluding carboxylic acids is 1. The minimum atomic E-state index is -1.07. The summed E-state index contributed by atoms with van der Waals surface area (Å²) < 4.78 is 21.3. The van der Waals surface area contributed by atoms with Gasteiger partial charge in [-0.3, -0.25) is 4.79 Å². The molecule has 4 aromatic rings. The number of benzene rings is 2. The maximum atomic E-state index is 13.6. The lowest BCUT2D eigenvalue weighted by atomic mass is 10.0. The smallest absolute Gasteiger partial charge is 0.283 e. The molecule has 0 spiro atoms.